The first-order valence-corrected chi connectivity index (χ1v) is 15.7. The molecule has 0 atom stereocenters. The molecular formula is C25H20Cl2Zr. The minimum absolute atomic E-state index is 0.826. The Labute approximate surface area is 184 Å². The molecule has 0 nitrogen and oxygen atoms in total. The quantitative estimate of drug-likeness (QED) is 0.228. The molecule has 5 aromatic carbocycles. The third-order valence-electron chi connectivity index (χ3n) is 5.42. The number of rotatable bonds is 3. The van der Waals surface area contributed by atoms with Crippen molar-refractivity contribution >= 4 is 49.3 Å². The van der Waals surface area contributed by atoms with E-state index in [0.717, 1.165) is 12.8 Å². The van der Waals surface area contributed by atoms with E-state index in [0.29, 0.717) is 0 Å². The molecule has 3 heteroatoms. The number of fused-ring (bicyclic) bond motifs is 4. The molecule has 138 valence electrons. The fourth-order valence-electron chi connectivity index (χ4n) is 4.30. The van der Waals surface area contributed by atoms with Crippen molar-refractivity contribution in [2.75, 3.05) is 0 Å². The van der Waals surface area contributed by atoms with Gasteiger partial charge in [0.05, 0.1) is 0 Å². The number of halogens is 2. The summed E-state index contributed by atoms with van der Waals surface area (Å²) < 4.78 is 0. The number of hydrogen-bond acceptors (Lipinski definition) is 0. The topological polar surface area (TPSA) is 0 Å². The molecule has 0 spiro atoms. The molecule has 5 aromatic rings. The molecule has 0 aliphatic carbocycles. The van der Waals surface area contributed by atoms with E-state index in [1.807, 2.05) is 0 Å². The Morgan fingerprint density at radius 3 is 2.11 bits per heavy atom. The van der Waals surface area contributed by atoms with E-state index in [2.05, 4.69) is 85.8 Å². The van der Waals surface area contributed by atoms with Gasteiger partial charge in [0.15, 0.2) is 0 Å². The normalized spacial score (nSPS) is 10.8. The summed E-state index contributed by atoms with van der Waals surface area (Å²) in [7, 11) is 9.87. The van der Waals surface area contributed by atoms with E-state index in [-0.39, 0.29) is 0 Å². The summed E-state index contributed by atoms with van der Waals surface area (Å²) in [6, 6.07) is 29.0. The molecule has 0 N–H and O–H groups in total. The third-order valence-corrected chi connectivity index (χ3v) is 5.42. The van der Waals surface area contributed by atoms with E-state index in [4.69, 9.17) is 17.0 Å². The van der Waals surface area contributed by atoms with Crippen LogP contribution < -0.4 is 0 Å². The molecule has 0 saturated heterocycles. The second-order valence-corrected chi connectivity index (χ2v) is 10.8. The summed E-state index contributed by atoms with van der Waals surface area (Å²) >= 11 is -0.826. The Balaban J connectivity index is 0.000000604. The molecule has 0 aliphatic rings. The van der Waals surface area contributed by atoms with Crippen molar-refractivity contribution in [1.29, 1.82) is 0 Å². The molecule has 28 heavy (non-hydrogen) atoms. The summed E-state index contributed by atoms with van der Waals surface area (Å²) in [4.78, 5) is 0. The average Bonchev–Trinajstić information content (AvgIpc) is 3.25. The van der Waals surface area contributed by atoms with E-state index in [1.54, 1.807) is 0 Å². The molecule has 0 aromatic heterocycles. The monoisotopic (exact) mass is 480 g/mol. The first-order valence-electron chi connectivity index (χ1n) is 9.39. The van der Waals surface area contributed by atoms with Gasteiger partial charge in [0, 0.05) is 0 Å². The van der Waals surface area contributed by atoms with Crippen molar-refractivity contribution in [3.8, 4) is 0 Å². The predicted molar refractivity (Wildman–Crippen MR) is 120 cm³/mol. The van der Waals surface area contributed by atoms with Crippen LogP contribution in [0.1, 0.15) is 16.7 Å². The van der Waals surface area contributed by atoms with Crippen LogP contribution in [-0.2, 0) is 33.7 Å². The van der Waals surface area contributed by atoms with Gasteiger partial charge in [-0.3, -0.25) is 0 Å². The van der Waals surface area contributed by atoms with E-state index in [9.17, 15) is 0 Å². The van der Waals surface area contributed by atoms with Crippen LogP contribution in [0.5, 0.6) is 0 Å². The van der Waals surface area contributed by atoms with Crippen molar-refractivity contribution in [3.63, 3.8) is 0 Å². The van der Waals surface area contributed by atoms with Crippen molar-refractivity contribution in [2.24, 2.45) is 0 Å². The van der Waals surface area contributed by atoms with Gasteiger partial charge >= 0.3 is 37.9 Å². The molecule has 0 bridgehead atoms. The zero-order valence-corrected chi connectivity index (χ0v) is 19.6. The SMILES string of the molecule is Cc1cc2cccc(CC[c-]3c4ccccc4c4ccccc43)c2[cH-]1.[Cl][Zr+2][Cl]. The summed E-state index contributed by atoms with van der Waals surface area (Å²) in [6.45, 7) is 2.18. The molecular weight excluding hydrogens is 462 g/mol. The second kappa shape index (κ2) is 8.95. The summed E-state index contributed by atoms with van der Waals surface area (Å²) in [6.07, 6.45) is 2.16. The van der Waals surface area contributed by atoms with Gasteiger partial charge < -0.3 is 0 Å². The van der Waals surface area contributed by atoms with Crippen LogP contribution in [0.25, 0.3) is 32.3 Å². The molecule has 0 amide bonds. The predicted octanol–water partition coefficient (Wildman–Crippen LogP) is 8.05. The Bertz CT molecular complexity index is 1180. The van der Waals surface area contributed by atoms with Crippen LogP contribution in [0, 0.1) is 6.92 Å². The van der Waals surface area contributed by atoms with Crippen LogP contribution in [0.15, 0.2) is 78.9 Å². The molecule has 0 aliphatic heterocycles. The first-order chi connectivity index (χ1) is 13.7. The summed E-state index contributed by atoms with van der Waals surface area (Å²) in [5.41, 5.74) is 4.30. The van der Waals surface area contributed by atoms with Gasteiger partial charge in [-0.2, -0.15) is 6.07 Å². The minimum atomic E-state index is -0.826. The molecule has 0 heterocycles. The van der Waals surface area contributed by atoms with Gasteiger partial charge in [0.2, 0.25) is 0 Å². The van der Waals surface area contributed by atoms with Crippen LogP contribution in [-0.4, -0.2) is 0 Å². The van der Waals surface area contributed by atoms with Crippen LogP contribution in [0.3, 0.4) is 0 Å². The number of aryl methyl sites for hydroxylation is 3. The molecule has 0 radical (unpaired) electrons. The Morgan fingerprint density at radius 1 is 0.857 bits per heavy atom. The van der Waals surface area contributed by atoms with Crippen LogP contribution in [0.2, 0.25) is 0 Å². The zero-order valence-electron chi connectivity index (χ0n) is 15.7. The number of benzene rings is 3. The van der Waals surface area contributed by atoms with E-state index >= 15 is 0 Å². The maximum atomic E-state index is 4.93. The maximum absolute atomic E-state index is 4.93. The van der Waals surface area contributed by atoms with Gasteiger partial charge in [-0.1, -0.05) is 62.2 Å². The third kappa shape index (κ3) is 3.86. The fraction of sp³-hybridized carbons (Fsp3) is 0.120. The van der Waals surface area contributed by atoms with Crippen LogP contribution in [0.4, 0.5) is 0 Å². The van der Waals surface area contributed by atoms with Gasteiger partial charge in [-0.15, -0.1) is 79.3 Å². The van der Waals surface area contributed by atoms with Crippen molar-refractivity contribution < 1.29 is 20.8 Å². The second-order valence-electron chi connectivity index (χ2n) is 7.09. The van der Waals surface area contributed by atoms with Gasteiger partial charge in [0.25, 0.3) is 0 Å². The summed E-state index contributed by atoms with van der Waals surface area (Å²) in [5, 5.41) is 8.38. The Kier molecular flexibility index (Phi) is 6.36. The Morgan fingerprint density at radius 2 is 1.46 bits per heavy atom. The molecule has 5 rings (SSSR count). The Hall–Kier alpha value is -1.40. The standard InChI is InChI=1S/C25H20.2ClH.Zr/c1-17-15-19-8-6-7-18(25(19)16-17)13-14-24-22-11-4-2-9-20(22)21-10-3-5-12-23(21)24;;;/h2-12,15-16H,13-14H2,1H3;2*1H;/q-2;;;+4/p-2. The van der Waals surface area contributed by atoms with Crippen molar-refractivity contribution in [1.82, 2.24) is 0 Å². The van der Waals surface area contributed by atoms with Crippen molar-refractivity contribution in [3.05, 3.63) is 95.6 Å². The van der Waals surface area contributed by atoms with E-state index in [1.165, 1.54) is 49.0 Å². The van der Waals surface area contributed by atoms with Gasteiger partial charge in [0.1, 0.15) is 0 Å². The summed E-state index contributed by atoms with van der Waals surface area (Å²) in [5.74, 6) is 0. The van der Waals surface area contributed by atoms with Crippen LogP contribution >= 0.6 is 17.0 Å². The van der Waals surface area contributed by atoms with Crippen molar-refractivity contribution in [2.45, 2.75) is 19.8 Å². The zero-order chi connectivity index (χ0) is 19.5. The molecule has 0 fully saturated rings. The van der Waals surface area contributed by atoms with Gasteiger partial charge in [-0.25, -0.2) is 0 Å². The first kappa shape index (κ1) is 19.9. The number of hydrogen-bond donors (Lipinski definition) is 0. The van der Waals surface area contributed by atoms with Gasteiger partial charge in [-0.05, 0) is 0 Å². The molecule has 0 saturated carbocycles. The average molecular weight is 483 g/mol. The fourth-order valence-corrected chi connectivity index (χ4v) is 4.30. The van der Waals surface area contributed by atoms with E-state index < -0.39 is 20.8 Å². The molecule has 0 unspecified atom stereocenters.